The predicted molar refractivity (Wildman–Crippen MR) is 73.4 cm³/mol. The number of amides is 1. The monoisotopic (exact) mass is 285 g/mol. The van der Waals surface area contributed by atoms with E-state index in [1.54, 1.807) is 20.8 Å². The van der Waals surface area contributed by atoms with Crippen LogP contribution >= 0.6 is 11.3 Å². The number of carbonyl (C=O) groups is 2. The molecule has 0 saturated carbocycles. The number of carboxylic acid groups (broad SMARTS) is 1. The van der Waals surface area contributed by atoms with Crippen LogP contribution in [0.2, 0.25) is 0 Å². The maximum Gasteiger partial charge on any atom is 0.407 e. The molecule has 1 atom stereocenters. The van der Waals surface area contributed by atoms with E-state index in [1.165, 1.54) is 11.3 Å². The van der Waals surface area contributed by atoms with Gasteiger partial charge in [-0.15, -0.1) is 0 Å². The summed E-state index contributed by atoms with van der Waals surface area (Å²) in [7, 11) is 0. The molecule has 0 unspecified atom stereocenters. The van der Waals surface area contributed by atoms with Crippen molar-refractivity contribution in [3.8, 4) is 0 Å². The van der Waals surface area contributed by atoms with Gasteiger partial charge in [0.15, 0.2) is 0 Å². The van der Waals surface area contributed by atoms with Crippen molar-refractivity contribution < 1.29 is 19.4 Å². The minimum Gasteiger partial charge on any atom is -0.481 e. The van der Waals surface area contributed by atoms with E-state index in [4.69, 9.17) is 9.84 Å². The molecule has 1 amide bonds. The average Bonchev–Trinajstić information content (AvgIpc) is 2.65. The zero-order valence-corrected chi connectivity index (χ0v) is 12.1. The maximum absolute atomic E-state index is 11.7. The van der Waals surface area contributed by atoms with Crippen LogP contribution in [-0.2, 0) is 16.0 Å². The van der Waals surface area contributed by atoms with Gasteiger partial charge in [-0.1, -0.05) is 0 Å². The number of hydrogen-bond acceptors (Lipinski definition) is 4. The summed E-state index contributed by atoms with van der Waals surface area (Å²) < 4.78 is 5.13. The molecule has 0 aliphatic carbocycles. The van der Waals surface area contributed by atoms with Gasteiger partial charge in [0.1, 0.15) is 5.60 Å². The summed E-state index contributed by atoms with van der Waals surface area (Å²) in [6.45, 7) is 5.28. The number of rotatable bonds is 5. The molecule has 1 aromatic rings. The SMILES string of the molecule is CC(C)(C)OC(=O)N[C@@H](CC(=O)O)Cc1ccsc1. The highest BCUT2D eigenvalue weighted by molar-refractivity contribution is 7.07. The summed E-state index contributed by atoms with van der Waals surface area (Å²) in [5.74, 6) is -0.948. The number of carbonyl (C=O) groups excluding carboxylic acids is 1. The summed E-state index contributed by atoms with van der Waals surface area (Å²) in [5.41, 5.74) is 0.410. The van der Waals surface area contributed by atoms with E-state index in [1.807, 2.05) is 16.8 Å². The molecular formula is C13H19NO4S. The van der Waals surface area contributed by atoms with Crippen LogP contribution in [-0.4, -0.2) is 28.8 Å². The number of nitrogens with one attached hydrogen (secondary N) is 1. The lowest BCUT2D eigenvalue weighted by atomic mass is 10.1. The Morgan fingerprint density at radius 2 is 2.16 bits per heavy atom. The first-order valence-electron chi connectivity index (χ1n) is 5.98. The molecule has 2 N–H and O–H groups in total. The third-order valence-corrected chi connectivity index (χ3v) is 2.94. The summed E-state index contributed by atoms with van der Waals surface area (Å²) in [4.78, 5) is 22.5. The van der Waals surface area contributed by atoms with Crippen LogP contribution < -0.4 is 5.32 Å². The van der Waals surface area contributed by atoms with Crippen LogP contribution in [0, 0.1) is 0 Å². The number of carboxylic acids is 1. The number of thiophene rings is 1. The van der Waals surface area contributed by atoms with Gasteiger partial charge in [0.2, 0.25) is 0 Å². The Morgan fingerprint density at radius 1 is 1.47 bits per heavy atom. The van der Waals surface area contributed by atoms with Gasteiger partial charge in [0, 0.05) is 6.04 Å². The van der Waals surface area contributed by atoms with Crippen molar-refractivity contribution in [2.45, 2.75) is 45.3 Å². The molecule has 0 spiro atoms. The Labute approximate surface area is 116 Å². The van der Waals surface area contributed by atoms with Crippen LogP contribution in [0.5, 0.6) is 0 Å². The fourth-order valence-corrected chi connectivity index (χ4v) is 2.23. The quantitative estimate of drug-likeness (QED) is 0.872. The number of alkyl carbamates (subject to hydrolysis) is 1. The van der Waals surface area contributed by atoms with Gasteiger partial charge in [-0.05, 0) is 49.6 Å². The molecule has 0 saturated heterocycles. The molecule has 0 fully saturated rings. The highest BCUT2D eigenvalue weighted by Crippen LogP contribution is 2.12. The van der Waals surface area contributed by atoms with Crippen molar-refractivity contribution in [2.24, 2.45) is 0 Å². The smallest absolute Gasteiger partial charge is 0.407 e. The lowest BCUT2D eigenvalue weighted by molar-refractivity contribution is -0.137. The molecule has 0 aliphatic heterocycles. The summed E-state index contributed by atoms with van der Waals surface area (Å²) in [6.07, 6.45) is -0.238. The molecule has 0 aliphatic rings. The zero-order valence-electron chi connectivity index (χ0n) is 11.3. The Balaban J connectivity index is 2.59. The Bertz CT molecular complexity index is 422. The summed E-state index contributed by atoms with van der Waals surface area (Å²) >= 11 is 1.54. The second-order valence-electron chi connectivity index (χ2n) is 5.28. The van der Waals surface area contributed by atoms with Crippen LogP contribution in [0.15, 0.2) is 16.8 Å². The van der Waals surface area contributed by atoms with E-state index in [0.717, 1.165) is 5.56 Å². The molecule has 1 heterocycles. The molecule has 0 radical (unpaired) electrons. The lowest BCUT2D eigenvalue weighted by Crippen LogP contribution is -2.41. The number of aliphatic carboxylic acids is 1. The summed E-state index contributed by atoms with van der Waals surface area (Å²) in [5, 5.41) is 15.3. The number of ether oxygens (including phenoxy) is 1. The van der Waals surface area contributed by atoms with E-state index >= 15 is 0 Å². The fourth-order valence-electron chi connectivity index (χ4n) is 1.55. The zero-order chi connectivity index (χ0) is 14.5. The predicted octanol–water partition coefficient (Wildman–Crippen LogP) is 2.66. The van der Waals surface area contributed by atoms with E-state index in [0.29, 0.717) is 6.42 Å². The van der Waals surface area contributed by atoms with Gasteiger partial charge in [-0.25, -0.2) is 4.79 Å². The summed E-state index contributed by atoms with van der Waals surface area (Å²) in [6, 6.07) is 1.44. The molecule has 106 valence electrons. The van der Waals surface area contributed by atoms with Crippen molar-refractivity contribution in [1.29, 1.82) is 0 Å². The average molecular weight is 285 g/mol. The highest BCUT2D eigenvalue weighted by Gasteiger charge is 2.21. The van der Waals surface area contributed by atoms with Gasteiger partial charge in [-0.2, -0.15) is 11.3 Å². The first-order valence-corrected chi connectivity index (χ1v) is 6.93. The van der Waals surface area contributed by atoms with Crippen molar-refractivity contribution in [2.75, 3.05) is 0 Å². The molecule has 0 aromatic carbocycles. The van der Waals surface area contributed by atoms with Gasteiger partial charge in [-0.3, -0.25) is 4.79 Å². The first kappa shape index (κ1) is 15.5. The minimum atomic E-state index is -0.948. The Morgan fingerprint density at radius 3 is 2.63 bits per heavy atom. The minimum absolute atomic E-state index is 0.130. The van der Waals surface area contributed by atoms with Crippen LogP contribution in [0.4, 0.5) is 4.79 Å². The normalized spacial score (nSPS) is 12.8. The van der Waals surface area contributed by atoms with Crippen molar-refractivity contribution in [3.05, 3.63) is 22.4 Å². The highest BCUT2D eigenvalue weighted by atomic mass is 32.1. The first-order chi connectivity index (χ1) is 8.76. The van der Waals surface area contributed by atoms with E-state index < -0.39 is 23.7 Å². The molecule has 1 aromatic heterocycles. The third kappa shape index (κ3) is 6.81. The van der Waals surface area contributed by atoms with Crippen LogP contribution in [0.1, 0.15) is 32.8 Å². The molecule has 1 rings (SSSR count). The largest absolute Gasteiger partial charge is 0.481 e. The van der Waals surface area contributed by atoms with Gasteiger partial charge in [0.25, 0.3) is 0 Å². The fraction of sp³-hybridized carbons (Fsp3) is 0.538. The molecular weight excluding hydrogens is 266 g/mol. The van der Waals surface area contributed by atoms with Crippen molar-refractivity contribution in [1.82, 2.24) is 5.32 Å². The second kappa shape index (κ2) is 6.56. The van der Waals surface area contributed by atoms with Crippen molar-refractivity contribution in [3.63, 3.8) is 0 Å². The number of hydrogen-bond donors (Lipinski definition) is 2. The van der Waals surface area contributed by atoms with E-state index in [2.05, 4.69) is 5.32 Å². The van der Waals surface area contributed by atoms with Gasteiger partial charge >= 0.3 is 12.1 Å². The second-order valence-corrected chi connectivity index (χ2v) is 6.06. The lowest BCUT2D eigenvalue weighted by Gasteiger charge is -2.22. The van der Waals surface area contributed by atoms with Gasteiger partial charge < -0.3 is 15.2 Å². The topological polar surface area (TPSA) is 75.6 Å². The van der Waals surface area contributed by atoms with E-state index in [9.17, 15) is 9.59 Å². The van der Waals surface area contributed by atoms with Crippen LogP contribution in [0.3, 0.4) is 0 Å². The van der Waals surface area contributed by atoms with E-state index in [-0.39, 0.29) is 6.42 Å². The third-order valence-electron chi connectivity index (χ3n) is 2.20. The Hall–Kier alpha value is -1.56. The standard InChI is InChI=1S/C13H19NO4S/c1-13(2,3)18-12(17)14-10(7-11(15)16)6-9-4-5-19-8-9/h4-5,8,10H,6-7H2,1-3H3,(H,14,17)(H,15,16)/t10-/m1/s1. The Kier molecular flexibility index (Phi) is 5.35. The molecule has 0 bridgehead atoms. The molecule has 19 heavy (non-hydrogen) atoms. The molecule has 6 heteroatoms. The molecule has 5 nitrogen and oxygen atoms in total. The van der Waals surface area contributed by atoms with Gasteiger partial charge in [0.05, 0.1) is 6.42 Å². The van der Waals surface area contributed by atoms with Crippen LogP contribution in [0.25, 0.3) is 0 Å². The van der Waals surface area contributed by atoms with Crippen molar-refractivity contribution >= 4 is 23.4 Å². The maximum atomic E-state index is 11.7.